The standard InChI is InChI=1S/C20H27F3N4O/c1-25-18(27-9-3-4-14(12-27)10-17(24)28)26-13-19(7-8-19)15-5-2-6-16(11-15)20(21,22)23/h2,5-6,11,14H,3-4,7-10,12-13H2,1H3,(H2,24,28)(H,25,26). The molecule has 1 saturated carbocycles. The first-order valence-electron chi connectivity index (χ1n) is 9.65. The fourth-order valence-electron chi connectivity index (χ4n) is 4.03. The molecule has 0 aromatic heterocycles. The zero-order valence-corrected chi connectivity index (χ0v) is 16.1. The van der Waals surface area contributed by atoms with Crippen LogP contribution in [0.5, 0.6) is 0 Å². The number of nitrogens with one attached hydrogen (secondary N) is 1. The number of carbonyl (C=O) groups is 1. The van der Waals surface area contributed by atoms with Crippen molar-refractivity contribution < 1.29 is 18.0 Å². The van der Waals surface area contributed by atoms with Gasteiger partial charge < -0.3 is 16.0 Å². The van der Waals surface area contributed by atoms with Crippen molar-refractivity contribution in [3.8, 4) is 0 Å². The number of piperidine rings is 1. The van der Waals surface area contributed by atoms with Gasteiger partial charge in [-0.15, -0.1) is 0 Å². The lowest BCUT2D eigenvalue weighted by Crippen LogP contribution is -2.48. The van der Waals surface area contributed by atoms with E-state index in [0.29, 0.717) is 19.5 Å². The molecule has 28 heavy (non-hydrogen) atoms. The highest BCUT2D eigenvalue weighted by Crippen LogP contribution is 2.48. The smallest absolute Gasteiger partial charge is 0.370 e. The average molecular weight is 396 g/mol. The van der Waals surface area contributed by atoms with Gasteiger partial charge in [0.1, 0.15) is 0 Å². The van der Waals surface area contributed by atoms with Gasteiger partial charge in [-0.1, -0.05) is 18.2 Å². The van der Waals surface area contributed by atoms with Crippen molar-refractivity contribution in [2.45, 2.75) is 43.7 Å². The number of nitrogens with zero attached hydrogens (tertiary/aromatic N) is 2. The quantitative estimate of drug-likeness (QED) is 0.594. The first-order chi connectivity index (χ1) is 13.2. The van der Waals surface area contributed by atoms with Crippen molar-refractivity contribution in [2.75, 3.05) is 26.7 Å². The minimum absolute atomic E-state index is 0.211. The molecule has 0 spiro atoms. The Labute approximate surface area is 163 Å². The summed E-state index contributed by atoms with van der Waals surface area (Å²) in [5.41, 5.74) is 5.16. The van der Waals surface area contributed by atoms with Gasteiger partial charge in [-0.25, -0.2) is 0 Å². The number of hydrogen-bond acceptors (Lipinski definition) is 2. The van der Waals surface area contributed by atoms with Crippen LogP contribution in [0.25, 0.3) is 0 Å². The lowest BCUT2D eigenvalue weighted by molar-refractivity contribution is -0.137. The van der Waals surface area contributed by atoms with Crippen molar-refractivity contribution >= 4 is 11.9 Å². The van der Waals surface area contributed by atoms with Gasteiger partial charge in [-0.05, 0) is 43.2 Å². The molecule has 2 fully saturated rings. The number of amides is 1. The van der Waals surface area contributed by atoms with E-state index in [1.807, 2.05) is 0 Å². The van der Waals surface area contributed by atoms with E-state index in [9.17, 15) is 18.0 Å². The SMILES string of the molecule is CN=C(NCC1(c2cccc(C(F)(F)F)c2)CC1)N1CCCC(CC(N)=O)C1. The number of primary amides is 1. The Bertz CT molecular complexity index is 743. The lowest BCUT2D eigenvalue weighted by Gasteiger charge is -2.35. The summed E-state index contributed by atoms with van der Waals surface area (Å²) in [7, 11) is 1.70. The monoisotopic (exact) mass is 396 g/mol. The molecule has 1 aliphatic heterocycles. The number of halogens is 3. The van der Waals surface area contributed by atoms with Gasteiger partial charge in [0.2, 0.25) is 5.91 Å². The van der Waals surface area contributed by atoms with E-state index in [1.165, 1.54) is 12.1 Å². The van der Waals surface area contributed by atoms with Crippen molar-refractivity contribution in [2.24, 2.45) is 16.6 Å². The zero-order chi connectivity index (χ0) is 20.4. The van der Waals surface area contributed by atoms with Crippen LogP contribution in [0.3, 0.4) is 0 Å². The lowest BCUT2D eigenvalue weighted by atomic mass is 9.93. The number of likely N-dealkylation sites (tertiary alicyclic amines) is 1. The van der Waals surface area contributed by atoms with Crippen LogP contribution in [0.4, 0.5) is 13.2 Å². The molecule has 1 aromatic carbocycles. The number of guanidine groups is 1. The normalized spacial score (nSPS) is 22.1. The van der Waals surface area contributed by atoms with E-state index < -0.39 is 11.7 Å². The molecule has 0 bridgehead atoms. The van der Waals surface area contributed by atoms with Crippen molar-refractivity contribution in [1.29, 1.82) is 0 Å². The molecule has 1 saturated heterocycles. The molecule has 1 aromatic rings. The molecule has 1 heterocycles. The molecule has 8 heteroatoms. The summed E-state index contributed by atoms with van der Waals surface area (Å²) in [4.78, 5) is 17.7. The van der Waals surface area contributed by atoms with E-state index >= 15 is 0 Å². The Kier molecular flexibility index (Phi) is 5.86. The summed E-state index contributed by atoms with van der Waals surface area (Å²) < 4.78 is 39.1. The number of nitrogens with two attached hydrogens (primary N) is 1. The topological polar surface area (TPSA) is 70.7 Å². The summed E-state index contributed by atoms with van der Waals surface area (Å²) in [6, 6.07) is 5.63. The van der Waals surface area contributed by atoms with Crippen molar-refractivity contribution in [3.63, 3.8) is 0 Å². The van der Waals surface area contributed by atoms with Gasteiger partial charge in [0.05, 0.1) is 5.56 Å². The summed E-state index contributed by atoms with van der Waals surface area (Å²) in [6.07, 6.45) is -0.353. The Morgan fingerprint density at radius 3 is 2.75 bits per heavy atom. The van der Waals surface area contributed by atoms with Gasteiger partial charge in [-0.3, -0.25) is 9.79 Å². The van der Waals surface area contributed by atoms with Crippen molar-refractivity contribution in [1.82, 2.24) is 10.2 Å². The number of carbonyl (C=O) groups excluding carboxylic acids is 1. The molecule has 5 nitrogen and oxygen atoms in total. The highest BCUT2D eigenvalue weighted by molar-refractivity contribution is 5.80. The van der Waals surface area contributed by atoms with E-state index in [-0.39, 0.29) is 17.2 Å². The third-order valence-corrected chi connectivity index (χ3v) is 5.76. The molecule has 3 N–H and O–H groups in total. The maximum Gasteiger partial charge on any atom is 0.416 e. The van der Waals surface area contributed by atoms with Crippen LogP contribution in [0, 0.1) is 5.92 Å². The number of rotatable bonds is 5. The molecular weight excluding hydrogens is 369 g/mol. The third kappa shape index (κ3) is 4.77. The Hall–Kier alpha value is -2.25. The predicted molar refractivity (Wildman–Crippen MR) is 102 cm³/mol. The fraction of sp³-hybridized carbons (Fsp3) is 0.600. The molecule has 1 aliphatic carbocycles. The number of benzene rings is 1. The number of hydrogen-bond donors (Lipinski definition) is 2. The largest absolute Gasteiger partial charge is 0.416 e. The van der Waals surface area contributed by atoms with Crippen LogP contribution in [0.2, 0.25) is 0 Å². The predicted octanol–water partition coefficient (Wildman–Crippen LogP) is 2.90. The third-order valence-electron chi connectivity index (χ3n) is 5.76. The highest BCUT2D eigenvalue weighted by atomic mass is 19.4. The molecule has 1 amide bonds. The maximum absolute atomic E-state index is 13.0. The second-order valence-electron chi connectivity index (χ2n) is 7.88. The van der Waals surface area contributed by atoms with E-state index in [2.05, 4.69) is 15.2 Å². The maximum atomic E-state index is 13.0. The molecule has 2 aliphatic rings. The van der Waals surface area contributed by atoms with Gasteiger partial charge >= 0.3 is 6.18 Å². The summed E-state index contributed by atoms with van der Waals surface area (Å²) in [5.74, 6) is 0.645. The van der Waals surface area contributed by atoms with Crippen molar-refractivity contribution in [3.05, 3.63) is 35.4 Å². The van der Waals surface area contributed by atoms with Gasteiger partial charge in [-0.2, -0.15) is 13.2 Å². The van der Waals surface area contributed by atoms with Crippen LogP contribution in [-0.4, -0.2) is 43.4 Å². The van der Waals surface area contributed by atoms with Gasteiger partial charge in [0.25, 0.3) is 0 Å². The zero-order valence-electron chi connectivity index (χ0n) is 16.1. The Balaban J connectivity index is 1.64. The first-order valence-corrected chi connectivity index (χ1v) is 9.65. The van der Waals surface area contributed by atoms with Gasteiger partial charge in [0.15, 0.2) is 5.96 Å². The van der Waals surface area contributed by atoms with Crippen LogP contribution < -0.4 is 11.1 Å². The molecule has 0 radical (unpaired) electrons. The summed E-state index contributed by atoms with van der Waals surface area (Å²) in [6.45, 7) is 2.09. The molecule has 1 unspecified atom stereocenters. The minimum Gasteiger partial charge on any atom is -0.370 e. The molecule has 1 atom stereocenters. The van der Waals surface area contributed by atoms with Crippen LogP contribution in [0.15, 0.2) is 29.3 Å². The van der Waals surface area contributed by atoms with E-state index in [0.717, 1.165) is 49.8 Å². The van der Waals surface area contributed by atoms with E-state index in [4.69, 9.17) is 5.73 Å². The molecular formula is C20H27F3N4O. The second-order valence-corrected chi connectivity index (χ2v) is 7.88. The molecule has 154 valence electrons. The Morgan fingerprint density at radius 1 is 1.39 bits per heavy atom. The Morgan fingerprint density at radius 2 is 2.14 bits per heavy atom. The number of aliphatic imine (C=N–C) groups is 1. The minimum atomic E-state index is -4.33. The van der Waals surface area contributed by atoms with Crippen LogP contribution in [-0.2, 0) is 16.4 Å². The fourth-order valence-corrected chi connectivity index (χ4v) is 4.03. The average Bonchev–Trinajstić information content (AvgIpc) is 3.43. The van der Waals surface area contributed by atoms with Gasteiger partial charge in [0, 0.05) is 38.5 Å². The molecule has 3 rings (SSSR count). The first kappa shape index (κ1) is 20.5. The van der Waals surface area contributed by atoms with E-state index in [1.54, 1.807) is 13.1 Å². The summed E-state index contributed by atoms with van der Waals surface area (Å²) in [5, 5.41) is 3.35. The highest BCUT2D eigenvalue weighted by Gasteiger charge is 2.45. The van der Waals surface area contributed by atoms with Crippen LogP contribution in [0.1, 0.15) is 43.2 Å². The summed E-state index contributed by atoms with van der Waals surface area (Å²) >= 11 is 0. The second kappa shape index (κ2) is 8.01. The van der Waals surface area contributed by atoms with Crippen LogP contribution >= 0.6 is 0 Å². The number of alkyl halides is 3.